The molecule has 3 rings (SSSR count). The highest BCUT2D eigenvalue weighted by Gasteiger charge is 2.18. The number of primary amides is 1. The van der Waals surface area contributed by atoms with Crippen LogP contribution in [0.1, 0.15) is 38.4 Å². The first kappa shape index (κ1) is 20.9. The number of carboxylic acids is 1. The van der Waals surface area contributed by atoms with Gasteiger partial charge in [0.2, 0.25) is 5.91 Å². The second kappa shape index (κ2) is 9.13. The summed E-state index contributed by atoms with van der Waals surface area (Å²) in [5.74, 6) is -1.67. The van der Waals surface area contributed by atoms with E-state index in [9.17, 15) is 19.5 Å². The number of aromatic carboxylic acids is 1. The van der Waals surface area contributed by atoms with Crippen molar-refractivity contribution >= 4 is 28.9 Å². The number of ether oxygens (including phenoxy) is 1. The maximum absolute atomic E-state index is 12.2. The predicted octanol–water partition coefficient (Wildman–Crippen LogP) is 3.17. The normalized spacial score (nSPS) is 10.7. The van der Waals surface area contributed by atoms with E-state index in [2.05, 4.69) is 4.98 Å². The molecule has 0 aliphatic heterocycles. The summed E-state index contributed by atoms with van der Waals surface area (Å²) in [4.78, 5) is 39.6. The van der Waals surface area contributed by atoms with Gasteiger partial charge in [0.25, 0.3) is 0 Å². The van der Waals surface area contributed by atoms with Crippen molar-refractivity contribution in [2.24, 2.45) is 5.73 Å². The molecule has 2 aromatic carbocycles. The largest absolute Gasteiger partial charge is 0.477 e. The van der Waals surface area contributed by atoms with Crippen molar-refractivity contribution in [3.05, 3.63) is 70.9 Å². The van der Waals surface area contributed by atoms with Gasteiger partial charge in [-0.2, -0.15) is 0 Å². The lowest BCUT2D eigenvalue weighted by Crippen LogP contribution is -2.28. The first-order valence-corrected chi connectivity index (χ1v) is 9.46. The molecule has 0 aliphatic rings. The van der Waals surface area contributed by atoms with Crippen LogP contribution in [0.15, 0.2) is 48.5 Å². The van der Waals surface area contributed by atoms with Gasteiger partial charge in [-0.3, -0.25) is 4.79 Å². The Morgan fingerprint density at radius 2 is 1.87 bits per heavy atom. The van der Waals surface area contributed by atoms with Crippen molar-refractivity contribution in [1.29, 1.82) is 0 Å². The van der Waals surface area contributed by atoms with Crippen LogP contribution in [0, 0.1) is 0 Å². The Morgan fingerprint density at radius 3 is 2.53 bits per heavy atom. The number of aryl methyl sites for hydroxylation is 1. The fourth-order valence-electron chi connectivity index (χ4n) is 3.26. The molecule has 30 heavy (non-hydrogen) atoms. The molecule has 4 N–H and O–H groups in total. The molecule has 156 valence electrons. The summed E-state index contributed by atoms with van der Waals surface area (Å²) in [5.41, 5.74) is 7.81. The highest BCUT2D eigenvalue weighted by atomic mass is 16.6. The van der Waals surface area contributed by atoms with Gasteiger partial charge in [-0.05, 0) is 42.2 Å². The van der Waals surface area contributed by atoms with Crippen molar-refractivity contribution in [2.75, 3.05) is 13.6 Å². The highest BCUT2D eigenvalue weighted by molar-refractivity contribution is 6.01. The van der Waals surface area contributed by atoms with Crippen molar-refractivity contribution < 1.29 is 24.2 Å². The Bertz CT molecular complexity index is 1080. The van der Waals surface area contributed by atoms with Gasteiger partial charge in [0.05, 0.1) is 0 Å². The summed E-state index contributed by atoms with van der Waals surface area (Å²) in [6.45, 7) is 0.570. The lowest BCUT2D eigenvalue weighted by atomic mass is 10.0. The molecule has 8 nitrogen and oxygen atoms in total. The molecule has 0 saturated carbocycles. The summed E-state index contributed by atoms with van der Waals surface area (Å²) in [6, 6.07) is 14.2. The Balaban J connectivity index is 1.65. The number of amides is 2. The number of nitrogens with one attached hydrogen (secondary N) is 1. The van der Waals surface area contributed by atoms with Crippen LogP contribution in [-0.2, 0) is 17.8 Å². The van der Waals surface area contributed by atoms with E-state index in [0.717, 1.165) is 5.56 Å². The molecule has 3 aromatic rings. The number of H-pyrrole nitrogens is 1. The maximum atomic E-state index is 12.2. The number of carbonyl (C=O) groups is 3. The van der Waals surface area contributed by atoms with E-state index in [0.29, 0.717) is 41.4 Å². The van der Waals surface area contributed by atoms with Crippen LogP contribution in [0.2, 0.25) is 0 Å². The minimum Gasteiger partial charge on any atom is -0.477 e. The minimum absolute atomic E-state index is 0.0703. The number of nitrogens with zero attached hydrogens (tertiary/aromatic N) is 1. The lowest BCUT2D eigenvalue weighted by molar-refractivity contribution is 0.0689. The van der Waals surface area contributed by atoms with Crippen molar-refractivity contribution in [3.8, 4) is 0 Å². The zero-order chi connectivity index (χ0) is 21.7. The molecule has 0 bridgehead atoms. The van der Waals surface area contributed by atoms with Crippen LogP contribution in [0.4, 0.5) is 4.79 Å². The van der Waals surface area contributed by atoms with Crippen LogP contribution in [0.3, 0.4) is 0 Å². The molecule has 0 saturated heterocycles. The van der Waals surface area contributed by atoms with Crippen LogP contribution in [-0.4, -0.2) is 46.6 Å². The third-order valence-electron chi connectivity index (χ3n) is 4.84. The van der Waals surface area contributed by atoms with E-state index >= 15 is 0 Å². The third kappa shape index (κ3) is 4.78. The molecular weight excluding hydrogens is 386 g/mol. The van der Waals surface area contributed by atoms with Gasteiger partial charge in [0.15, 0.2) is 0 Å². The Labute approximate surface area is 173 Å². The van der Waals surface area contributed by atoms with Crippen molar-refractivity contribution in [3.63, 3.8) is 0 Å². The number of aromatic amines is 1. The lowest BCUT2D eigenvalue weighted by Gasteiger charge is -2.17. The summed E-state index contributed by atoms with van der Waals surface area (Å²) < 4.78 is 5.29. The molecule has 0 radical (unpaired) electrons. The minimum atomic E-state index is -1.09. The molecule has 2 amide bonds. The number of hydrogen-bond acceptors (Lipinski definition) is 4. The number of aromatic nitrogens is 1. The number of carbonyl (C=O) groups excluding carboxylic acids is 2. The number of fused-ring (bicyclic) bond motifs is 1. The SMILES string of the molecule is CN(CCCc1c(C(=O)O)[nH]c2ccc(C(N)=O)cc12)C(=O)OCc1ccccc1. The van der Waals surface area contributed by atoms with E-state index in [1.807, 2.05) is 30.3 Å². The fraction of sp³-hybridized carbons (Fsp3) is 0.227. The van der Waals surface area contributed by atoms with Gasteiger partial charge >= 0.3 is 12.1 Å². The van der Waals surface area contributed by atoms with Gasteiger partial charge < -0.3 is 25.5 Å². The third-order valence-corrected chi connectivity index (χ3v) is 4.84. The van der Waals surface area contributed by atoms with Crippen LogP contribution in [0.25, 0.3) is 10.9 Å². The number of rotatable bonds is 8. The summed E-state index contributed by atoms with van der Waals surface area (Å²) in [5, 5.41) is 10.1. The highest BCUT2D eigenvalue weighted by Crippen LogP contribution is 2.25. The standard InChI is InChI=1S/C22H23N3O5/c1-25(22(29)30-13-14-6-3-2-4-7-14)11-5-8-16-17-12-15(20(23)26)9-10-18(17)24-19(16)21(27)28/h2-4,6-7,9-10,12,24H,5,8,11,13H2,1H3,(H2,23,26)(H,27,28). The second-order valence-corrected chi connectivity index (χ2v) is 6.97. The van der Waals surface area contributed by atoms with Crippen LogP contribution in [0.5, 0.6) is 0 Å². The molecule has 0 atom stereocenters. The molecule has 1 heterocycles. The summed E-state index contributed by atoms with van der Waals surface area (Å²) >= 11 is 0. The summed E-state index contributed by atoms with van der Waals surface area (Å²) in [6.07, 6.45) is 0.470. The van der Waals surface area contributed by atoms with E-state index < -0.39 is 18.0 Å². The maximum Gasteiger partial charge on any atom is 0.409 e. The Morgan fingerprint density at radius 1 is 1.13 bits per heavy atom. The number of carboxylic acid groups (broad SMARTS) is 1. The molecule has 1 aromatic heterocycles. The topological polar surface area (TPSA) is 126 Å². The fourth-order valence-corrected chi connectivity index (χ4v) is 3.26. The monoisotopic (exact) mass is 409 g/mol. The van der Waals surface area contributed by atoms with Gasteiger partial charge in [0, 0.05) is 30.1 Å². The first-order chi connectivity index (χ1) is 14.4. The molecule has 0 aliphatic carbocycles. The van der Waals surface area contributed by atoms with Crippen LogP contribution < -0.4 is 5.73 Å². The molecule has 8 heteroatoms. The number of hydrogen-bond donors (Lipinski definition) is 3. The zero-order valence-electron chi connectivity index (χ0n) is 16.6. The molecule has 0 spiro atoms. The smallest absolute Gasteiger partial charge is 0.409 e. The van der Waals surface area contributed by atoms with E-state index in [1.54, 1.807) is 25.2 Å². The van der Waals surface area contributed by atoms with E-state index in [1.165, 1.54) is 4.90 Å². The Hall–Kier alpha value is -3.81. The van der Waals surface area contributed by atoms with Gasteiger partial charge in [-0.15, -0.1) is 0 Å². The van der Waals surface area contributed by atoms with Crippen molar-refractivity contribution in [1.82, 2.24) is 9.88 Å². The number of nitrogens with two attached hydrogens (primary N) is 1. The predicted molar refractivity (Wildman–Crippen MR) is 111 cm³/mol. The zero-order valence-corrected chi connectivity index (χ0v) is 16.6. The van der Waals surface area contributed by atoms with Gasteiger partial charge in [0.1, 0.15) is 12.3 Å². The van der Waals surface area contributed by atoms with E-state index in [4.69, 9.17) is 10.5 Å². The molecule has 0 fully saturated rings. The summed E-state index contributed by atoms with van der Waals surface area (Å²) in [7, 11) is 1.63. The van der Waals surface area contributed by atoms with Gasteiger partial charge in [-0.1, -0.05) is 30.3 Å². The van der Waals surface area contributed by atoms with Crippen LogP contribution >= 0.6 is 0 Å². The molecular formula is C22H23N3O5. The average Bonchev–Trinajstić information content (AvgIpc) is 3.10. The van der Waals surface area contributed by atoms with Gasteiger partial charge in [-0.25, -0.2) is 9.59 Å². The van der Waals surface area contributed by atoms with Crippen molar-refractivity contribution in [2.45, 2.75) is 19.4 Å². The quantitative estimate of drug-likeness (QED) is 0.527. The first-order valence-electron chi connectivity index (χ1n) is 9.46. The number of benzene rings is 2. The van der Waals surface area contributed by atoms with E-state index in [-0.39, 0.29) is 12.3 Å². The second-order valence-electron chi connectivity index (χ2n) is 6.97. The molecule has 0 unspecified atom stereocenters. The average molecular weight is 409 g/mol. The Kier molecular flexibility index (Phi) is 6.36.